The smallest absolute Gasteiger partial charge is 0.312 e. The topological polar surface area (TPSA) is 58.2 Å². The van der Waals surface area contributed by atoms with Crippen LogP contribution >= 0.6 is 0 Å². The number of rotatable bonds is 10. The van der Waals surface area contributed by atoms with E-state index in [1.54, 1.807) is 12.1 Å². The highest BCUT2D eigenvalue weighted by atomic mass is 19.1. The quantitative estimate of drug-likeness (QED) is 0.299. The molecule has 0 unspecified atom stereocenters. The van der Waals surface area contributed by atoms with Gasteiger partial charge < -0.3 is 14.6 Å². The molecule has 204 valence electrons. The molecule has 3 aromatic rings. The van der Waals surface area contributed by atoms with Crippen molar-refractivity contribution in [3.8, 4) is 0 Å². The molecule has 2 atom stereocenters. The van der Waals surface area contributed by atoms with Crippen LogP contribution in [-0.2, 0) is 22.4 Å². The van der Waals surface area contributed by atoms with E-state index in [0.29, 0.717) is 0 Å². The van der Waals surface area contributed by atoms with Gasteiger partial charge >= 0.3 is 5.97 Å². The van der Waals surface area contributed by atoms with Crippen LogP contribution in [0.5, 0.6) is 0 Å². The third-order valence-corrected chi connectivity index (χ3v) is 9.05. The van der Waals surface area contributed by atoms with Crippen LogP contribution in [0.4, 0.5) is 4.39 Å². The number of imidazole rings is 1. The molecule has 1 heterocycles. The average Bonchev–Trinajstić information content (AvgIpc) is 3.28. The molecule has 0 spiro atoms. The van der Waals surface area contributed by atoms with Gasteiger partial charge in [-0.2, -0.15) is 0 Å². The van der Waals surface area contributed by atoms with Crippen molar-refractivity contribution in [3.05, 3.63) is 65.2 Å². The fraction of sp³-hybridized carbons (Fsp3) is 0.562. The van der Waals surface area contributed by atoms with E-state index in [0.717, 1.165) is 92.4 Å². The van der Waals surface area contributed by atoms with Gasteiger partial charge in [-0.15, -0.1) is 0 Å². The number of fused-ring (bicyclic) bond motifs is 2. The zero-order valence-electron chi connectivity index (χ0n) is 23.4. The fourth-order valence-corrected chi connectivity index (χ4v) is 6.64. The monoisotopic (exact) mass is 519 g/mol. The zero-order valence-corrected chi connectivity index (χ0v) is 23.4. The lowest BCUT2D eigenvalue weighted by molar-refractivity contribution is -0.184. The Hall–Kier alpha value is -2.73. The molecule has 0 saturated heterocycles. The van der Waals surface area contributed by atoms with Crippen molar-refractivity contribution in [3.63, 3.8) is 0 Å². The summed E-state index contributed by atoms with van der Waals surface area (Å²) in [5.74, 6) is 1.09. The lowest BCUT2D eigenvalue weighted by atomic mass is 9.65. The molecule has 2 aromatic carbocycles. The Morgan fingerprint density at radius 3 is 2.68 bits per heavy atom. The Bertz CT molecular complexity index is 1250. The van der Waals surface area contributed by atoms with E-state index in [2.05, 4.69) is 36.8 Å². The number of carbonyl (C=O) groups is 1. The summed E-state index contributed by atoms with van der Waals surface area (Å²) in [5, 5.41) is 0. The van der Waals surface area contributed by atoms with E-state index in [1.165, 1.54) is 0 Å². The number of halogens is 1. The maximum absolute atomic E-state index is 14.1. The number of nitrogens with one attached hydrogen (secondary N) is 1. The normalized spacial score (nSPS) is 22.4. The number of ether oxygens (including phenoxy) is 1. The number of H-pyrrole nitrogens is 1. The molecular formula is C32H42FN3O2. The van der Waals surface area contributed by atoms with Crippen LogP contribution in [0.15, 0.2) is 42.5 Å². The van der Waals surface area contributed by atoms with Gasteiger partial charge in [0.1, 0.15) is 17.2 Å². The first-order chi connectivity index (χ1) is 18.2. The third kappa shape index (κ3) is 5.38. The third-order valence-electron chi connectivity index (χ3n) is 9.05. The lowest BCUT2D eigenvalue weighted by Gasteiger charge is -2.49. The Kier molecular flexibility index (Phi) is 7.63. The van der Waals surface area contributed by atoms with Gasteiger partial charge in [0, 0.05) is 25.3 Å². The Labute approximate surface area is 226 Å². The van der Waals surface area contributed by atoms with Gasteiger partial charge in [0.25, 0.3) is 0 Å². The Morgan fingerprint density at radius 1 is 1.18 bits per heavy atom. The van der Waals surface area contributed by atoms with Gasteiger partial charge in [-0.1, -0.05) is 38.5 Å². The number of aromatic nitrogens is 2. The molecule has 38 heavy (non-hydrogen) atoms. The van der Waals surface area contributed by atoms with Crippen molar-refractivity contribution in [2.45, 2.75) is 83.7 Å². The highest BCUT2D eigenvalue weighted by Crippen LogP contribution is 2.50. The van der Waals surface area contributed by atoms with Crippen molar-refractivity contribution >= 4 is 17.0 Å². The highest BCUT2D eigenvalue weighted by Gasteiger charge is 2.51. The van der Waals surface area contributed by atoms with Gasteiger partial charge in [0.2, 0.25) is 0 Å². The van der Waals surface area contributed by atoms with Crippen molar-refractivity contribution in [2.75, 3.05) is 20.1 Å². The first-order valence-corrected chi connectivity index (χ1v) is 14.3. The molecule has 0 amide bonds. The van der Waals surface area contributed by atoms with Crippen LogP contribution < -0.4 is 0 Å². The van der Waals surface area contributed by atoms with Crippen LogP contribution in [0.25, 0.3) is 11.0 Å². The van der Waals surface area contributed by atoms with Gasteiger partial charge in [-0.05, 0) is 93.9 Å². The van der Waals surface area contributed by atoms with Crippen molar-refractivity contribution in [1.82, 2.24) is 14.9 Å². The molecular weight excluding hydrogens is 477 g/mol. The van der Waals surface area contributed by atoms with E-state index in [4.69, 9.17) is 9.72 Å². The van der Waals surface area contributed by atoms with E-state index in [9.17, 15) is 9.18 Å². The van der Waals surface area contributed by atoms with Crippen LogP contribution in [0.2, 0.25) is 0 Å². The zero-order chi connectivity index (χ0) is 26.9. The van der Waals surface area contributed by atoms with Crippen LogP contribution in [-0.4, -0.2) is 46.6 Å². The average molecular weight is 520 g/mol. The summed E-state index contributed by atoms with van der Waals surface area (Å²) >= 11 is 0. The molecule has 0 radical (unpaired) electrons. The van der Waals surface area contributed by atoms with E-state index >= 15 is 0 Å². The molecule has 1 N–H and O–H groups in total. The first-order valence-electron chi connectivity index (χ1n) is 14.3. The highest BCUT2D eigenvalue weighted by molar-refractivity contribution is 5.78. The predicted molar refractivity (Wildman–Crippen MR) is 150 cm³/mol. The van der Waals surface area contributed by atoms with Crippen molar-refractivity contribution in [1.29, 1.82) is 0 Å². The van der Waals surface area contributed by atoms with E-state index < -0.39 is 5.60 Å². The molecule has 6 heteroatoms. The largest absolute Gasteiger partial charge is 0.458 e. The number of carbonyl (C=O) groups excluding carboxylic acids is 1. The molecule has 5 rings (SSSR count). The number of para-hydroxylation sites is 2. The second-order valence-electron chi connectivity index (χ2n) is 12.3. The molecule has 5 nitrogen and oxygen atoms in total. The van der Waals surface area contributed by atoms with Crippen LogP contribution in [0, 0.1) is 17.2 Å². The number of esters is 1. The van der Waals surface area contributed by atoms with Crippen molar-refractivity contribution < 1.29 is 13.9 Å². The molecule has 2 aliphatic carbocycles. The number of aromatic amines is 1. The minimum absolute atomic E-state index is 0.0448. The van der Waals surface area contributed by atoms with Gasteiger partial charge in [0.15, 0.2) is 0 Å². The minimum Gasteiger partial charge on any atom is -0.458 e. The van der Waals surface area contributed by atoms with Crippen molar-refractivity contribution in [2.24, 2.45) is 11.3 Å². The summed E-state index contributed by atoms with van der Waals surface area (Å²) in [7, 11) is 2.15. The predicted octanol–water partition coefficient (Wildman–Crippen LogP) is 6.81. The minimum atomic E-state index is -0.582. The summed E-state index contributed by atoms with van der Waals surface area (Å²) in [6.07, 6.45) is 7.02. The van der Waals surface area contributed by atoms with E-state index in [-0.39, 0.29) is 29.0 Å². The molecule has 2 aliphatic rings. The van der Waals surface area contributed by atoms with Gasteiger partial charge in [-0.25, -0.2) is 9.37 Å². The molecule has 1 fully saturated rings. The summed E-state index contributed by atoms with van der Waals surface area (Å²) in [5.41, 5.74) is 3.35. The molecule has 1 aromatic heterocycles. The number of nitrogens with zero attached hydrogens (tertiary/aromatic N) is 2. The van der Waals surface area contributed by atoms with Gasteiger partial charge in [-0.3, -0.25) is 4.79 Å². The summed E-state index contributed by atoms with van der Waals surface area (Å²) < 4.78 is 20.7. The summed E-state index contributed by atoms with van der Waals surface area (Å²) in [6, 6.07) is 13.3. The van der Waals surface area contributed by atoms with E-state index in [1.807, 2.05) is 31.2 Å². The first kappa shape index (κ1) is 26.9. The number of benzene rings is 2. The standard InChI is InChI=1S/C32H42FN3O2/c1-22(2)29-25-13-12-24(33)21-23(25)14-17-32(29,38-30(37)31(3)15-8-16-31)18-20-36(4)19-7-11-28-34-26-9-5-6-10-27(26)35-28/h5-6,9-10,12-13,21-22,29H,7-8,11,14-20H2,1-4H3,(H,34,35)/t29-,32-/m0/s1. The fourth-order valence-electron chi connectivity index (χ4n) is 6.64. The Balaban J connectivity index is 1.29. The number of hydrogen-bond donors (Lipinski definition) is 1. The maximum Gasteiger partial charge on any atom is 0.312 e. The summed E-state index contributed by atoms with van der Waals surface area (Å²) in [4.78, 5) is 24.0. The SMILES string of the molecule is CC(C)[C@H]1c2ccc(F)cc2CC[C@@]1(CCN(C)CCCc1nc2ccccc2[nH]1)OC(=O)C1(C)CCC1. The van der Waals surface area contributed by atoms with Crippen LogP contribution in [0.1, 0.15) is 82.2 Å². The molecule has 1 saturated carbocycles. The van der Waals surface area contributed by atoms with Gasteiger partial charge in [0.05, 0.1) is 16.4 Å². The second kappa shape index (κ2) is 10.8. The molecule has 0 aliphatic heterocycles. The summed E-state index contributed by atoms with van der Waals surface area (Å²) in [6.45, 7) is 8.23. The lowest BCUT2D eigenvalue weighted by Crippen LogP contribution is -2.51. The second-order valence-corrected chi connectivity index (χ2v) is 12.3. The van der Waals surface area contributed by atoms with Crippen LogP contribution in [0.3, 0.4) is 0 Å². The maximum atomic E-state index is 14.1. The number of hydrogen-bond acceptors (Lipinski definition) is 4. The molecule has 0 bridgehead atoms. The Morgan fingerprint density at radius 2 is 1.97 bits per heavy atom. The number of aryl methyl sites for hydroxylation is 2.